The Labute approximate surface area is 152 Å². The summed E-state index contributed by atoms with van der Waals surface area (Å²) in [7, 11) is 0. The smallest absolute Gasteiger partial charge is 0.341 e. The number of halogens is 1. The molecule has 0 saturated heterocycles. The van der Waals surface area contributed by atoms with Crippen molar-refractivity contribution in [2.45, 2.75) is 5.60 Å². The summed E-state index contributed by atoms with van der Waals surface area (Å²) in [5.74, 6) is -0.171. The first kappa shape index (κ1) is 15.7. The van der Waals surface area contributed by atoms with E-state index in [-0.39, 0.29) is 11.5 Å². The van der Waals surface area contributed by atoms with Crippen LogP contribution in [0.3, 0.4) is 0 Å². The minimum Gasteiger partial charge on any atom is -0.508 e. The van der Waals surface area contributed by atoms with Crippen LogP contribution in [0, 0.1) is 0 Å². The summed E-state index contributed by atoms with van der Waals surface area (Å²) in [5, 5.41) is 19.3. The molecule has 1 aliphatic rings. The fraction of sp³-hybridized carbons (Fsp3) is 0.0500. The summed E-state index contributed by atoms with van der Waals surface area (Å²) in [6.07, 6.45) is 0. The minimum atomic E-state index is -1.14. The van der Waals surface area contributed by atoms with Gasteiger partial charge in [0.15, 0.2) is 5.60 Å². The quantitative estimate of drug-likeness (QED) is 0.632. The molecule has 5 heteroatoms. The molecule has 0 fully saturated rings. The van der Waals surface area contributed by atoms with Gasteiger partial charge in [-0.1, -0.05) is 36.4 Å². The fourth-order valence-electron chi connectivity index (χ4n) is 3.26. The lowest BCUT2D eigenvalue weighted by Crippen LogP contribution is -2.29. The van der Waals surface area contributed by atoms with E-state index in [2.05, 4.69) is 15.9 Å². The van der Waals surface area contributed by atoms with Crippen molar-refractivity contribution < 1.29 is 19.7 Å². The number of rotatable bonds is 2. The number of carbonyl (C=O) groups excluding carboxylic acids is 1. The van der Waals surface area contributed by atoms with Crippen molar-refractivity contribution in [1.82, 2.24) is 0 Å². The van der Waals surface area contributed by atoms with E-state index in [1.54, 1.807) is 54.6 Å². The number of esters is 1. The number of phenols is 2. The van der Waals surface area contributed by atoms with Gasteiger partial charge in [0.05, 0.1) is 5.56 Å². The lowest BCUT2D eigenvalue weighted by molar-refractivity contribution is 0.0251. The molecular weight excluding hydrogens is 384 g/mol. The van der Waals surface area contributed by atoms with Crippen LogP contribution >= 0.6 is 15.9 Å². The van der Waals surface area contributed by atoms with E-state index >= 15 is 0 Å². The van der Waals surface area contributed by atoms with E-state index in [4.69, 9.17) is 4.74 Å². The van der Waals surface area contributed by atoms with Crippen LogP contribution in [-0.2, 0) is 10.3 Å². The highest BCUT2D eigenvalue weighted by molar-refractivity contribution is 9.10. The van der Waals surface area contributed by atoms with Crippen LogP contribution in [0.25, 0.3) is 0 Å². The lowest BCUT2D eigenvalue weighted by Gasteiger charge is -2.30. The summed E-state index contributed by atoms with van der Waals surface area (Å²) in [4.78, 5) is 12.6. The molecule has 0 atom stereocenters. The third kappa shape index (κ3) is 2.31. The zero-order chi connectivity index (χ0) is 17.6. The zero-order valence-electron chi connectivity index (χ0n) is 12.9. The van der Waals surface area contributed by atoms with Crippen LogP contribution in [0.1, 0.15) is 27.0 Å². The summed E-state index contributed by atoms with van der Waals surface area (Å²) in [5.41, 5.74) is 1.46. The van der Waals surface area contributed by atoms with Gasteiger partial charge in [-0.2, -0.15) is 0 Å². The second-order valence-corrected chi connectivity index (χ2v) is 6.68. The molecule has 4 rings (SSSR count). The Bertz CT molecular complexity index is 916. The van der Waals surface area contributed by atoms with Gasteiger partial charge in [-0.3, -0.25) is 0 Å². The second-order valence-electron chi connectivity index (χ2n) is 5.83. The van der Waals surface area contributed by atoms with E-state index in [0.717, 1.165) is 0 Å². The molecule has 4 nitrogen and oxygen atoms in total. The second kappa shape index (κ2) is 5.63. The average molecular weight is 397 g/mol. The van der Waals surface area contributed by atoms with Crippen molar-refractivity contribution in [2.75, 3.05) is 0 Å². The molecule has 3 aromatic rings. The molecule has 124 valence electrons. The molecule has 0 spiro atoms. The highest BCUT2D eigenvalue weighted by Gasteiger charge is 2.49. The van der Waals surface area contributed by atoms with E-state index in [0.29, 0.717) is 26.7 Å². The van der Waals surface area contributed by atoms with Crippen molar-refractivity contribution in [3.63, 3.8) is 0 Å². The van der Waals surface area contributed by atoms with Gasteiger partial charge in [-0.05, 0) is 46.3 Å². The summed E-state index contributed by atoms with van der Waals surface area (Å²) in [6, 6.07) is 18.6. The molecular formula is C20H13BrO4. The Kier molecular flexibility index (Phi) is 3.54. The Morgan fingerprint density at radius 1 is 0.800 bits per heavy atom. The molecule has 0 radical (unpaired) electrons. The number of carbonyl (C=O) groups is 1. The average Bonchev–Trinajstić information content (AvgIpc) is 2.91. The Balaban J connectivity index is 2.05. The monoisotopic (exact) mass is 396 g/mol. The van der Waals surface area contributed by atoms with Crippen molar-refractivity contribution >= 4 is 21.9 Å². The Morgan fingerprint density at radius 3 is 1.84 bits per heavy atom. The van der Waals surface area contributed by atoms with E-state index in [1.165, 1.54) is 0 Å². The molecule has 1 heterocycles. The topological polar surface area (TPSA) is 66.8 Å². The predicted octanol–water partition coefficient (Wildman–Crippen LogP) is 4.32. The number of benzene rings is 3. The molecule has 3 aromatic carbocycles. The van der Waals surface area contributed by atoms with Gasteiger partial charge in [-0.25, -0.2) is 4.79 Å². The number of aromatic hydroxyl groups is 2. The van der Waals surface area contributed by atoms with Crippen LogP contribution in [0.4, 0.5) is 0 Å². The van der Waals surface area contributed by atoms with Crippen LogP contribution in [-0.4, -0.2) is 16.2 Å². The van der Waals surface area contributed by atoms with Gasteiger partial charge in [-0.15, -0.1) is 0 Å². The molecule has 0 aromatic heterocycles. The maximum atomic E-state index is 12.6. The predicted molar refractivity (Wildman–Crippen MR) is 95.7 cm³/mol. The minimum absolute atomic E-state index is 0.128. The van der Waals surface area contributed by atoms with E-state index in [9.17, 15) is 15.0 Å². The Hall–Kier alpha value is -2.79. The molecule has 0 amide bonds. The van der Waals surface area contributed by atoms with Crippen LogP contribution in [0.2, 0.25) is 0 Å². The number of ether oxygens (including phenoxy) is 1. The number of hydrogen-bond acceptors (Lipinski definition) is 4. The van der Waals surface area contributed by atoms with Gasteiger partial charge in [0, 0.05) is 21.2 Å². The molecule has 2 N–H and O–H groups in total. The van der Waals surface area contributed by atoms with E-state index in [1.807, 2.05) is 12.1 Å². The number of cyclic esters (lactones) is 1. The lowest BCUT2D eigenvalue weighted by atomic mass is 9.80. The first-order chi connectivity index (χ1) is 12.0. The van der Waals surface area contributed by atoms with Crippen molar-refractivity contribution in [3.05, 3.63) is 93.5 Å². The standard InChI is InChI=1S/C20H13BrO4/c21-17-3-1-2-16-18(17)19(24)25-20(16,12-4-8-14(22)9-5-12)13-6-10-15(23)11-7-13/h1-11,22-23H. The van der Waals surface area contributed by atoms with Crippen LogP contribution in [0.15, 0.2) is 71.2 Å². The maximum absolute atomic E-state index is 12.6. The van der Waals surface area contributed by atoms with Gasteiger partial charge in [0.2, 0.25) is 0 Å². The van der Waals surface area contributed by atoms with Crippen molar-refractivity contribution in [1.29, 1.82) is 0 Å². The number of fused-ring (bicyclic) bond motifs is 1. The molecule has 0 aliphatic carbocycles. The number of phenolic OH excluding ortho intramolecular Hbond substituents is 2. The molecule has 0 bridgehead atoms. The van der Waals surface area contributed by atoms with Gasteiger partial charge in [0.25, 0.3) is 0 Å². The third-order valence-corrected chi connectivity index (χ3v) is 5.05. The Morgan fingerprint density at radius 2 is 1.32 bits per heavy atom. The summed E-state index contributed by atoms with van der Waals surface area (Å²) >= 11 is 3.43. The first-order valence-electron chi connectivity index (χ1n) is 7.64. The highest BCUT2D eigenvalue weighted by atomic mass is 79.9. The number of hydrogen-bond donors (Lipinski definition) is 2. The van der Waals surface area contributed by atoms with Crippen molar-refractivity contribution in [2.24, 2.45) is 0 Å². The van der Waals surface area contributed by atoms with Crippen molar-refractivity contribution in [3.8, 4) is 11.5 Å². The normalized spacial score (nSPS) is 14.8. The van der Waals surface area contributed by atoms with Crippen LogP contribution in [0.5, 0.6) is 11.5 Å². The molecule has 25 heavy (non-hydrogen) atoms. The molecule has 0 unspecified atom stereocenters. The molecule has 0 saturated carbocycles. The third-order valence-electron chi connectivity index (χ3n) is 4.39. The van der Waals surface area contributed by atoms with Gasteiger partial charge < -0.3 is 14.9 Å². The fourth-order valence-corrected chi connectivity index (χ4v) is 3.79. The van der Waals surface area contributed by atoms with Gasteiger partial charge in [0.1, 0.15) is 11.5 Å². The van der Waals surface area contributed by atoms with Crippen LogP contribution < -0.4 is 0 Å². The van der Waals surface area contributed by atoms with E-state index < -0.39 is 11.6 Å². The SMILES string of the molecule is O=C1OC(c2ccc(O)cc2)(c2ccc(O)cc2)c2cccc(Br)c21. The zero-order valence-corrected chi connectivity index (χ0v) is 14.5. The summed E-state index contributed by atoms with van der Waals surface area (Å²) in [6.45, 7) is 0. The largest absolute Gasteiger partial charge is 0.508 e. The first-order valence-corrected chi connectivity index (χ1v) is 8.43. The molecule has 1 aliphatic heterocycles. The maximum Gasteiger partial charge on any atom is 0.341 e. The summed E-state index contributed by atoms with van der Waals surface area (Å²) < 4.78 is 6.58. The highest BCUT2D eigenvalue weighted by Crippen LogP contribution is 2.48. The van der Waals surface area contributed by atoms with Gasteiger partial charge >= 0.3 is 5.97 Å².